The van der Waals surface area contributed by atoms with Gasteiger partial charge in [-0.3, -0.25) is 4.79 Å². The molecular weight excluding hydrogens is 250 g/mol. The number of anilines is 2. The van der Waals surface area contributed by atoms with Crippen molar-refractivity contribution >= 4 is 17.3 Å². The van der Waals surface area contributed by atoms with Gasteiger partial charge in [0.1, 0.15) is 0 Å². The predicted octanol–water partition coefficient (Wildman–Crippen LogP) is 2.65. The number of hydrogen-bond donors (Lipinski definition) is 2. The number of hydrogen-bond acceptors (Lipinski definition) is 3. The predicted molar refractivity (Wildman–Crippen MR) is 81.3 cm³/mol. The van der Waals surface area contributed by atoms with Crippen molar-refractivity contribution in [1.29, 1.82) is 0 Å². The molecule has 1 aromatic rings. The van der Waals surface area contributed by atoms with Crippen LogP contribution in [-0.2, 0) is 0 Å². The van der Waals surface area contributed by atoms with E-state index in [-0.39, 0.29) is 5.91 Å². The Bertz CT molecular complexity index is 492. The van der Waals surface area contributed by atoms with Gasteiger partial charge in [0.15, 0.2) is 0 Å². The van der Waals surface area contributed by atoms with E-state index in [9.17, 15) is 4.79 Å². The van der Waals surface area contributed by atoms with E-state index in [1.165, 1.54) is 25.7 Å². The number of carbonyl (C=O) groups is 1. The van der Waals surface area contributed by atoms with Crippen molar-refractivity contribution in [1.82, 2.24) is 4.90 Å². The summed E-state index contributed by atoms with van der Waals surface area (Å²) in [6, 6.07) is 5.60. The van der Waals surface area contributed by atoms with E-state index in [4.69, 9.17) is 11.5 Å². The van der Waals surface area contributed by atoms with Crippen molar-refractivity contribution < 1.29 is 4.79 Å². The van der Waals surface area contributed by atoms with Gasteiger partial charge in [0.2, 0.25) is 0 Å². The maximum absolute atomic E-state index is 12.8. The number of nitrogens with zero attached hydrogens (tertiary/aromatic N) is 1. The molecule has 0 aromatic heterocycles. The highest BCUT2D eigenvalue weighted by atomic mass is 16.2. The Kier molecular flexibility index (Phi) is 3.55. The summed E-state index contributed by atoms with van der Waals surface area (Å²) in [5.74, 6) is 0.792. The third kappa shape index (κ3) is 2.47. The van der Waals surface area contributed by atoms with Crippen LogP contribution in [0.4, 0.5) is 11.4 Å². The minimum Gasteiger partial charge on any atom is -0.399 e. The molecule has 3 rings (SSSR count). The summed E-state index contributed by atoms with van der Waals surface area (Å²) >= 11 is 0. The van der Waals surface area contributed by atoms with Crippen molar-refractivity contribution in [2.24, 2.45) is 5.92 Å². The SMILES string of the molecule is Nc1cc(N)cc(C(=O)N2CCCC3CCCCC32)c1. The van der Waals surface area contributed by atoms with Crippen molar-refractivity contribution in [3.63, 3.8) is 0 Å². The zero-order chi connectivity index (χ0) is 14.1. The lowest BCUT2D eigenvalue weighted by Crippen LogP contribution is -2.49. The molecule has 2 unspecified atom stereocenters. The zero-order valence-electron chi connectivity index (χ0n) is 11.8. The van der Waals surface area contributed by atoms with Crippen LogP contribution in [0.1, 0.15) is 48.9 Å². The number of carbonyl (C=O) groups excluding carboxylic acids is 1. The molecule has 2 aliphatic rings. The van der Waals surface area contributed by atoms with Crippen molar-refractivity contribution in [3.8, 4) is 0 Å². The lowest BCUT2D eigenvalue weighted by atomic mass is 9.78. The topological polar surface area (TPSA) is 72.3 Å². The van der Waals surface area contributed by atoms with Gasteiger partial charge in [-0.15, -0.1) is 0 Å². The summed E-state index contributed by atoms with van der Waals surface area (Å²) in [6.45, 7) is 0.870. The largest absolute Gasteiger partial charge is 0.399 e. The monoisotopic (exact) mass is 273 g/mol. The van der Waals surface area contributed by atoms with E-state index in [0.29, 0.717) is 28.9 Å². The van der Waals surface area contributed by atoms with Gasteiger partial charge in [0.05, 0.1) is 0 Å². The van der Waals surface area contributed by atoms with Gasteiger partial charge in [0.25, 0.3) is 5.91 Å². The Hall–Kier alpha value is -1.71. The molecule has 0 radical (unpaired) electrons. The second kappa shape index (κ2) is 5.35. The maximum atomic E-state index is 12.8. The van der Waals surface area contributed by atoms with Gasteiger partial charge < -0.3 is 16.4 Å². The Morgan fingerprint density at radius 2 is 1.65 bits per heavy atom. The molecular formula is C16H23N3O. The molecule has 0 spiro atoms. The normalized spacial score (nSPS) is 26.1. The first-order chi connectivity index (χ1) is 9.65. The summed E-state index contributed by atoms with van der Waals surface area (Å²) in [4.78, 5) is 14.8. The molecule has 108 valence electrons. The number of nitrogen functional groups attached to an aromatic ring is 2. The van der Waals surface area contributed by atoms with E-state index in [1.54, 1.807) is 18.2 Å². The number of benzene rings is 1. The van der Waals surface area contributed by atoms with Crippen molar-refractivity contribution in [2.45, 2.75) is 44.6 Å². The smallest absolute Gasteiger partial charge is 0.254 e. The summed E-state index contributed by atoms with van der Waals surface area (Å²) in [7, 11) is 0. The first-order valence-corrected chi connectivity index (χ1v) is 7.62. The van der Waals surface area contributed by atoms with Crippen LogP contribution in [0.3, 0.4) is 0 Å². The minimum absolute atomic E-state index is 0.0978. The average Bonchev–Trinajstić information content (AvgIpc) is 2.45. The molecule has 1 aromatic carbocycles. The molecule has 2 fully saturated rings. The fourth-order valence-electron chi connectivity index (χ4n) is 3.84. The first-order valence-electron chi connectivity index (χ1n) is 7.62. The van der Waals surface area contributed by atoms with Crippen LogP contribution in [0.25, 0.3) is 0 Å². The van der Waals surface area contributed by atoms with Gasteiger partial charge in [0, 0.05) is 29.5 Å². The number of amides is 1. The quantitative estimate of drug-likeness (QED) is 0.773. The molecule has 20 heavy (non-hydrogen) atoms. The molecule has 1 heterocycles. The standard InChI is InChI=1S/C16H23N3O/c17-13-8-12(9-14(18)10-13)16(20)19-7-3-5-11-4-1-2-6-15(11)19/h8-11,15H,1-7,17-18H2. The van der Waals surface area contributed by atoms with Gasteiger partial charge in [-0.05, 0) is 49.8 Å². The van der Waals surface area contributed by atoms with E-state index >= 15 is 0 Å². The number of piperidine rings is 1. The van der Waals surface area contributed by atoms with Gasteiger partial charge >= 0.3 is 0 Å². The average molecular weight is 273 g/mol. The molecule has 1 saturated heterocycles. The number of rotatable bonds is 1. The van der Waals surface area contributed by atoms with Crippen LogP contribution in [-0.4, -0.2) is 23.4 Å². The van der Waals surface area contributed by atoms with Crippen molar-refractivity contribution in [2.75, 3.05) is 18.0 Å². The highest BCUT2D eigenvalue weighted by Crippen LogP contribution is 2.36. The molecule has 1 saturated carbocycles. The molecule has 1 aliphatic carbocycles. The highest BCUT2D eigenvalue weighted by molar-refractivity contribution is 5.96. The van der Waals surface area contributed by atoms with Crippen LogP contribution < -0.4 is 11.5 Å². The first kappa shape index (κ1) is 13.3. The number of fused-ring (bicyclic) bond motifs is 1. The molecule has 4 nitrogen and oxygen atoms in total. The third-order valence-electron chi connectivity index (χ3n) is 4.73. The summed E-state index contributed by atoms with van der Waals surface area (Å²) < 4.78 is 0. The van der Waals surface area contributed by atoms with Crippen LogP contribution in [0, 0.1) is 5.92 Å². The Morgan fingerprint density at radius 3 is 2.40 bits per heavy atom. The molecule has 2 atom stereocenters. The van der Waals surface area contributed by atoms with E-state index in [0.717, 1.165) is 19.4 Å². The van der Waals surface area contributed by atoms with Crippen LogP contribution in [0.15, 0.2) is 18.2 Å². The fraction of sp³-hybridized carbons (Fsp3) is 0.562. The van der Waals surface area contributed by atoms with E-state index < -0.39 is 0 Å². The Balaban J connectivity index is 1.84. The molecule has 4 heteroatoms. The Labute approximate surface area is 120 Å². The summed E-state index contributed by atoms with van der Waals surface area (Å²) in [5.41, 5.74) is 13.4. The number of likely N-dealkylation sites (tertiary alicyclic amines) is 1. The summed E-state index contributed by atoms with van der Waals surface area (Å²) in [5, 5.41) is 0. The Morgan fingerprint density at radius 1 is 1.00 bits per heavy atom. The van der Waals surface area contributed by atoms with Crippen LogP contribution in [0.5, 0.6) is 0 Å². The van der Waals surface area contributed by atoms with Crippen molar-refractivity contribution in [3.05, 3.63) is 23.8 Å². The maximum Gasteiger partial charge on any atom is 0.254 e. The fourth-order valence-corrected chi connectivity index (χ4v) is 3.84. The van der Waals surface area contributed by atoms with Gasteiger partial charge in [-0.25, -0.2) is 0 Å². The number of nitrogens with two attached hydrogens (primary N) is 2. The molecule has 1 aliphatic heterocycles. The molecule has 4 N–H and O–H groups in total. The second-order valence-corrected chi connectivity index (χ2v) is 6.14. The van der Waals surface area contributed by atoms with E-state index in [1.807, 2.05) is 0 Å². The third-order valence-corrected chi connectivity index (χ3v) is 4.73. The van der Waals surface area contributed by atoms with Gasteiger partial charge in [-0.1, -0.05) is 12.8 Å². The summed E-state index contributed by atoms with van der Waals surface area (Å²) in [6.07, 6.45) is 7.36. The second-order valence-electron chi connectivity index (χ2n) is 6.14. The zero-order valence-corrected chi connectivity index (χ0v) is 11.8. The minimum atomic E-state index is 0.0978. The van der Waals surface area contributed by atoms with E-state index in [2.05, 4.69) is 4.90 Å². The lowest BCUT2D eigenvalue weighted by Gasteiger charge is -2.44. The van der Waals surface area contributed by atoms with Crippen LogP contribution >= 0.6 is 0 Å². The molecule has 1 amide bonds. The highest BCUT2D eigenvalue weighted by Gasteiger charge is 2.35. The lowest BCUT2D eigenvalue weighted by molar-refractivity contribution is 0.0391. The van der Waals surface area contributed by atoms with Gasteiger partial charge in [-0.2, -0.15) is 0 Å². The molecule has 0 bridgehead atoms. The van der Waals surface area contributed by atoms with Crippen LogP contribution in [0.2, 0.25) is 0 Å².